The molecule has 0 unspecified atom stereocenters. The Kier molecular flexibility index (Phi) is 4.49. The third-order valence-corrected chi connectivity index (χ3v) is 5.25. The van der Waals surface area contributed by atoms with Crippen molar-refractivity contribution in [2.24, 2.45) is 5.92 Å². The fraction of sp³-hybridized carbons (Fsp3) is 0.444. The van der Waals surface area contributed by atoms with Crippen LogP contribution in [0.2, 0.25) is 0 Å². The summed E-state index contributed by atoms with van der Waals surface area (Å²) in [5.41, 5.74) is 3.95. The third-order valence-electron chi connectivity index (χ3n) is 4.08. The van der Waals surface area contributed by atoms with Crippen LogP contribution in [-0.2, 0) is 17.6 Å². The highest BCUT2D eigenvalue weighted by molar-refractivity contribution is 7.12. The number of Topliss-reactive ketones (excluding diaryl/α,β-unsaturated/α-hetero) is 1. The highest BCUT2D eigenvalue weighted by Crippen LogP contribution is 2.40. The number of carbonyl (C=O) groups excluding carboxylic acids is 1. The Morgan fingerprint density at radius 3 is 2.62 bits per heavy atom. The highest BCUT2D eigenvalue weighted by Gasteiger charge is 2.26. The highest BCUT2D eigenvalue weighted by atomic mass is 32.1. The zero-order chi connectivity index (χ0) is 15.7. The molecule has 110 valence electrons. The standard InChI is InChI=1S/C18H21NOS/c1-10(2)17(12(4)20)15(9-19)18-13(5)21-16-8-11(3)6-7-14(16)18/h11H,1,6-8H2,2-5H3/b17-15-/t11-/m1/s1. The molecule has 2 nitrogen and oxygen atoms in total. The van der Waals surface area contributed by atoms with E-state index in [9.17, 15) is 10.1 Å². The number of rotatable bonds is 3. The minimum atomic E-state index is -0.0809. The maximum atomic E-state index is 11.9. The van der Waals surface area contributed by atoms with Crippen molar-refractivity contribution in [1.82, 2.24) is 0 Å². The van der Waals surface area contributed by atoms with Crippen LogP contribution in [0.4, 0.5) is 0 Å². The van der Waals surface area contributed by atoms with Crippen molar-refractivity contribution in [3.05, 3.63) is 38.6 Å². The number of nitrogens with zero attached hydrogens (tertiary/aromatic N) is 1. The molecule has 0 aromatic carbocycles. The molecular weight excluding hydrogens is 278 g/mol. The summed E-state index contributed by atoms with van der Waals surface area (Å²) in [4.78, 5) is 14.5. The van der Waals surface area contributed by atoms with Crippen molar-refractivity contribution in [3.63, 3.8) is 0 Å². The van der Waals surface area contributed by atoms with Gasteiger partial charge in [0.05, 0.1) is 5.57 Å². The molecule has 0 radical (unpaired) electrons. The Labute approximate surface area is 130 Å². The molecule has 1 heterocycles. The number of carbonyl (C=O) groups is 1. The van der Waals surface area contributed by atoms with Crippen molar-refractivity contribution in [1.29, 1.82) is 5.26 Å². The lowest BCUT2D eigenvalue weighted by atomic mass is 9.84. The normalized spacial score (nSPS) is 18.5. The SMILES string of the molecule is C=C(C)/C(C(C)=O)=C(\C#N)c1c(C)sc2c1CC[C@@H](C)C2. The molecule has 1 aliphatic rings. The van der Waals surface area contributed by atoms with Crippen LogP contribution in [0.15, 0.2) is 17.7 Å². The molecule has 0 saturated carbocycles. The van der Waals surface area contributed by atoms with E-state index in [0.29, 0.717) is 22.6 Å². The van der Waals surface area contributed by atoms with Gasteiger partial charge < -0.3 is 0 Å². The van der Waals surface area contributed by atoms with E-state index in [1.165, 1.54) is 17.4 Å². The fourth-order valence-corrected chi connectivity index (χ4v) is 4.53. The third kappa shape index (κ3) is 2.87. The molecule has 21 heavy (non-hydrogen) atoms. The summed E-state index contributed by atoms with van der Waals surface area (Å²) in [6.45, 7) is 11.5. The number of hydrogen-bond donors (Lipinski definition) is 0. The van der Waals surface area contributed by atoms with Crippen molar-refractivity contribution < 1.29 is 4.79 Å². The molecular formula is C18H21NOS. The average Bonchev–Trinajstić information content (AvgIpc) is 2.69. The first-order valence-electron chi connectivity index (χ1n) is 7.29. The summed E-state index contributed by atoms with van der Waals surface area (Å²) in [5, 5.41) is 9.65. The molecule has 1 aromatic heterocycles. The van der Waals surface area contributed by atoms with E-state index >= 15 is 0 Å². The van der Waals surface area contributed by atoms with E-state index < -0.39 is 0 Å². The first-order valence-corrected chi connectivity index (χ1v) is 8.11. The Hall–Kier alpha value is -1.66. The molecule has 2 rings (SSSR count). The van der Waals surface area contributed by atoms with Crippen LogP contribution in [0.5, 0.6) is 0 Å². The number of fused-ring (bicyclic) bond motifs is 1. The van der Waals surface area contributed by atoms with Crippen LogP contribution < -0.4 is 0 Å². The van der Waals surface area contributed by atoms with Gasteiger partial charge in [-0.3, -0.25) is 4.79 Å². The van der Waals surface area contributed by atoms with Crippen molar-refractivity contribution in [2.45, 2.75) is 47.0 Å². The van der Waals surface area contributed by atoms with Crippen molar-refractivity contribution in [3.8, 4) is 6.07 Å². The maximum absolute atomic E-state index is 11.9. The first-order chi connectivity index (χ1) is 9.86. The smallest absolute Gasteiger partial charge is 0.161 e. The van der Waals surface area contributed by atoms with Crippen LogP contribution in [0.25, 0.3) is 5.57 Å². The second kappa shape index (κ2) is 5.99. The topological polar surface area (TPSA) is 40.9 Å². The van der Waals surface area contributed by atoms with E-state index in [1.807, 2.05) is 0 Å². The van der Waals surface area contributed by atoms with Gasteiger partial charge in [-0.1, -0.05) is 13.5 Å². The molecule has 1 aromatic rings. The van der Waals surface area contributed by atoms with Crippen LogP contribution in [0.3, 0.4) is 0 Å². The van der Waals surface area contributed by atoms with Gasteiger partial charge >= 0.3 is 0 Å². The van der Waals surface area contributed by atoms with Crippen LogP contribution in [0, 0.1) is 24.2 Å². The Balaban J connectivity index is 2.70. The average molecular weight is 299 g/mol. The van der Waals surface area contributed by atoms with E-state index in [2.05, 4.69) is 26.5 Å². The fourth-order valence-electron chi connectivity index (χ4n) is 3.14. The lowest BCUT2D eigenvalue weighted by molar-refractivity contribution is -0.113. The summed E-state index contributed by atoms with van der Waals surface area (Å²) < 4.78 is 0. The Morgan fingerprint density at radius 1 is 1.43 bits per heavy atom. The lowest BCUT2D eigenvalue weighted by Gasteiger charge is -2.19. The van der Waals surface area contributed by atoms with E-state index in [1.54, 1.807) is 18.3 Å². The monoisotopic (exact) mass is 299 g/mol. The summed E-state index contributed by atoms with van der Waals surface area (Å²) in [5.74, 6) is 0.619. The minimum Gasteiger partial charge on any atom is -0.294 e. The number of ketones is 1. The van der Waals surface area contributed by atoms with Gasteiger partial charge in [0.15, 0.2) is 5.78 Å². The predicted molar refractivity (Wildman–Crippen MR) is 88.3 cm³/mol. The minimum absolute atomic E-state index is 0.0809. The Bertz CT molecular complexity index is 669. The maximum Gasteiger partial charge on any atom is 0.161 e. The zero-order valence-corrected chi connectivity index (χ0v) is 14.0. The van der Waals surface area contributed by atoms with Gasteiger partial charge in [0.1, 0.15) is 6.07 Å². The number of aryl methyl sites for hydroxylation is 1. The van der Waals surface area contributed by atoms with Crippen LogP contribution in [0.1, 0.15) is 48.1 Å². The molecule has 0 saturated heterocycles. The van der Waals surface area contributed by atoms with Gasteiger partial charge in [0.2, 0.25) is 0 Å². The summed E-state index contributed by atoms with van der Waals surface area (Å²) in [6.07, 6.45) is 3.24. The molecule has 0 spiro atoms. The second-order valence-corrected chi connectivity index (χ2v) is 7.29. The number of hydrogen-bond acceptors (Lipinski definition) is 3. The Morgan fingerprint density at radius 2 is 2.10 bits per heavy atom. The summed E-state index contributed by atoms with van der Waals surface area (Å²) >= 11 is 1.78. The lowest BCUT2D eigenvalue weighted by Crippen LogP contribution is -2.11. The molecule has 0 aliphatic heterocycles. The van der Waals surface area contributed by atoms with Crippen molar-refractivity contribution >= 4 is 22.7 Å². The predicted octanol–water partition coefficient (Wildman–Crippen LogP) is 4.62. The zero-order valence-electron chi connectivity index (χ0n) is 13.2. The van der Waals surface area contributed by atoms with Gasteiger partial charge in [-0.2, -0.15) is 5.26 Å². The molecule has 0 fully saturated rings. The summed E-state index contributed by atoms with van der Waals surface area (Å²) in [6, 6.07) is 2.27. The van der Waals surface area contributed by atoms with Gasteiger partial charge in [0.25, 0.3) is 0 Å². The quantitative estimate of drug-likeness (QED) is 0.464. The molecule has 0 amide bonds. The number of nitriles is 1. The molecule has 1 atom stereocenters. The molecule has 1 aliphatic carbocycles. The van der Waals surface area contributed by atoms with Gasteiger partial charge in [-0.25, -0.2) is 0 Å². The van der Waals surface area contributed by atoms with Gasteiger partial charge in [0, 0.05) is 20.9 Å². The van der Waals surface area contributed by atoms with Crippen LogP contribution in [-0.4, -0.2) is 5.78 Å². The number of allylic oxidation sites excluding steroid dienone is 3. The first kappa shape index (κ1) is 15.7. The van der Waals surface area contributed by atoms with Gasteiger partial charge in [-0.15, -0.1) is 11.3 Å². The molecule has 3 heteroatoms. The summed E-state index contributed by atoms with van der Waals surface area (Å²) in [7, 11) is 0. The largest absolute Gasteiger partial charge is 0.294 e. The van der Waals surface area contributed by atoms with Crippen LogP contribution >= 0.6 is 11.3 Å². The van der Waals surface area contributed by atoms with E-state index in [-0.39, 0.29) is 5.78 Å². The van der Waals surface area contributed by atoms with Gasteiger partial charge in [-0.05, 0) is 57.1 Å². The second-order valence-electron chi connectivity index (χ2n) is 5.98. The number of thiophene rings is 1. The van der Waals surface area contributed by atoms with E-state index in [4.69, 9.17) is 0 Å². The molecule has 0 bridgehead atoms. The molecule has 0 N–H and O–H groups in total. The van der Waals surface area contributed by atoms with Crippen molar-refractivity contribution in [2.75, 3.05) is 0 Å². The van der Waals surface area contributed by atoms with E-state index in [0.717, 1.165) is 29.7 Å².